The standard InChI is InChI=1S/C19H29N3O3/c1-2-24-19(23)15-20-10-12-21(13-11-20)16-22-9-8-18(14-22)25-17-6-4-3-5-7-17/h3-7,18H,2,8-16H2,1H3/t18-/m0/s1. The topological polar surface area (TPSA) is 45.2 Å². The molecule has 0 saturated carbocycles. The molecule has 0 amide bonds. The van der Waals surface area contributed by atoms with Crippen molar-refractivity contribution in [2.45, 2.75) is 19.4 Å². The molecule has 2 fully saturated rings. The number of piperazine rings is 1. The van der Waals surface area contributed by atoms with Gasteiger partial charge in [0.1, 0.15) is 11.9 Å². The SMILES string of the molecule is CCOC(=O)CN1CCN(CN2CC[C@H](Oc3ccccc3)C2)CC1. The number of carbonyl (C=O) groups is 1. The number of rotatable bonds is 7. The Kier molecular flexibility index (Phi) is 6.67. The number of ether oxygens (including phenoxy) is 2. The van der Waals surface area contributed by atoms with Gasteiger partial charge in [0.25, 0.3) is 0 Å². The van der Waals surface area contributed by atoms with Crippen molar-refractivity contribution in [3.63, 3.8) is 0 Å². The highest BCUT2D eigenvalue weighted by Gasteiger charge is 2.27. The van der Waals surface area contributed by atoms with E-state index in [1.54, 1.807) is 0 Å². The van der Waals surface area contributed by atoms with Gasteiger partial charge in [-0.3, -0.25) is 19.5 Å². The van der Waals surface area contributed by atoms with E-state index in [1.165, 1.54) is 0 Å². The van der Waals surface area contributed by atoms with Crippen molar-refractivity contribution >= 4 is 5.97 Å². The summed E-state index contributed by atoms with van der Waals surface area (Å²) in [5, 5.41) is 0. The van der Waals surface area contributed by atoms with E-state index in [1.807, 2.05) is 37.3 Å². The molecule has 2 aliphatic heterocycles. The Balaban J connectivity index is 1.35. The summed E-state index contributed by atoms with van der Waals surface area (Å²) >= 11 is 0. The summed E-state index contributed by atoms with van der Waals surface area (Å²) in [5.74, 6) is 0.846. The summed E-state index contributed by atoms with van der Waals surface area (Å²) in [7, 11) is 0. The molecule has 0 aromatic heterocycles. The zero-order valence-corrected chi connectivity index (χ0v) is 15.1. The lowest BCUT2D eigenvalue weighted by Crippen LogP contribution is -2.51. The number of benzene rings is 1. The first-order valence-electron chi connectivity index (χ1n) is 9.27. The van der Waals surface area contributed by atoms with Crippen LogP contribution in [0.25, 0.3) is 0 Å². The maximum absolute atomic E-state index is 11.6. The Morgan fingerprint density at radius 1 is 1.04 bits per heavy atom. The Bertz CT molecular complexity index is 532. The van der Waals surface area contributed by atoms with Crippen LogP contribution in [0.3, 0.4) is 0 Å². The second kappa shape index (κ2) is 9.17. The molecule has 1 atom stereocenters. The lowest BCUT2D eigenvalue weighted by Gasteiger charge is -2.36. The number of nitrogens with zero attached hydrogens (tertiary/aromatic N) is 3. The van der Waals surface area contributed by atoms with Gasteiger partial charge in [-0.2, -0.15) is 0 Å². The Morgan fingerprint density at radius 3 is 2.48 bits per heavy atom. The summed E-state index contributed by atoms with van der Waals surface area (Å²) in [6.07, 6.45) is 1.37. The molecule has 0 spiro atoms. The third kappa shape index (κ3) is 5.70. The van der Waals surface area contributed by atoms with Gasteiger partial charge in [0.2, 0.25) is 0 Å². The monoisotopic (exact) mass is 347 g/mol. The fourth-order valence-electron chi connectivity index (χ4n) is 3.47. The minimum atomic E-state index is -0.114. The van der Waals surface area contributed by atoms with Crippen LogP contribution in [-0.4, -0.2) is 85.9 Å². The van der Waals surface area contributed by atoms with Crippen LogP contribution >= 0.6 is 0 Å². The van der Waals surface area contributed by atoms with Crippen LogP contribution in [0.4, 0.5) is 0 Å². The number of esters is 1. The van der Waals surface area contributed by atoms with E-state index in [0.717, 1.165) is 58.1 Å². The van der Waals surface area contributed by atoms with E-state index < -0.39 is 0 Å². The molecule has 3 rings (SSSR count). The van der Waals surface area contributed by atoms with E-state index >= 15 is 0 Å². The van der Waals surface area contributed by atoms with Crippen molar-refractivity contribution in [1.29, 1.82) is 0 Å². The first kappa shape index (κ1) is 18.2. The van der Waals surface area contributed by atoms with Gasteiger partial charge in [-0.05, 0) is 25.5 Å². The molecule has 2 saturated heterocycles. The van der Waals surface area contributed by atoms with Crippen molar-refractivity contribution in [3.8, 4) is 5.75 Å². The molecular weight excluding hydrogens is 318 g/mol. The number of carbonyl (C=O) groups excluding carboxylic acids is 1. The van der Waals surface area contributed by atoms with Gasteiger partial charge in [0, 0.05) is 39.3 Å². The maximum atomic E-state index is 11.6. The first-order chi connectivity index (χ1) is 12.2. The summed E-state index contributed by atoms with van der Waals surface area (Å²) in [6, 6.07) is 10.1. The summed E-state index contributed by atoms with van der Waals surface area (Å²) in [5.41, 5.74) is 0. The van der Waals surface area contributed by atoms with Gasteiger partial charge in [0.15, 0.2) is 0 Å². The van der Waals surface area contributed by atoms with Crippen LogP contribution in [0.1, 0.15) is 13.3 Å². The van der Waals surface area contributed by atoms with Gasteiger partial charge in [-0.25, -0.2) is 0 Å². The smallest absolute Gasteiger partial charge is 0.320 e. The van der Waals surface area contributed by atoms with E-state index in [9.17, 15) is 4.79 Å². The largest absolute Gasteiger partial charge is 0.489 e. The number of hydrogen-bond donors (Lipinski definition) is 0. The fraction of sp³-hybridized carbons (Fsp3) is 0.632. The van der Waals surface area contributed by atoms with Crippen molar-refractivity contribution in [2.24, 2.45) is 0 Å². The second-order valence-corrected chi connectivity index (χ2v) is 6.76. The molecule has 1 aromatic carbocycles. The number of hydrogen-bond acceptors (Lipinski definition) is 6. The van der Waals surface area contributed by atoms with Crippen LogP contribution in [0.2, 0.25) is 0 Å². The van der Waals surface area contributed by atoms with Crippen molar-refractivity contribution in [1.82, 2.24) is 14.7 Å². The molecule has 25 heavy (non-hydrogen) atoms. The molecule has 0 bridgehead atoms. The molecule has 138 valence electrons. The quantitative estimate of drug-likeness (QED) is 0.693. The molecule has 0 aliphatic carbocycles. The summed E-state index contributed by atoms with van der Waals surface area (Å²) in [4.78, 5) is 18.7. The molecule has 0 N–H and O–H groups in total. The third-order valence-electron chi connectivity index (χ3n) is 4.80. The molecule has 2 aliphatic rings. The Hall–Kier alpha value is -1.63. The molecular formula is C19H29N3O3. The Labute approximate surface area is 150 Å². The van der Waals surface area contributed by atoms with Crippen LogP contribution in [0, 0.1) is 0 Å². The molecule has 0 radical (unpaired) electrons. The van der Waals surface area contributed by atoms with Crippen molar-refractivity contribution in [2.75, 3.05) is 59.1 Å². The molecule has 1 aromatic rings. The van der Waals surface area contributed by atoms with E-state index in [4.69, 9.17) is 9.47 Å². The molecule has 6 nitrogen and oxygen atoms in total. The van der Waals surface area contributed by atoms with Gasteiger partial charge >= 0.3 is 5.97 Å². The summed E-state index contributed by atoms with van der Waals surface area (Å²) in [6.45, 7) is 9.63. The predicted octanol–water partition coefficient (Wildman–Crippen LogP) is 1.28. The van der Waals surface area contributed by atoms with Crippen LogP contribution in [-0.2, 0) is 9.53 Å². The normalized spacial score (nSPS) is 22.8. The molecule has 2 heterocycles. The van der Waals surface area contributed by atoms with E-state index in [-0.39, 0.29) is 12.1 Å². The number of likely N-dealkylation sites (tertiary alicyclic amines) is 1. The fourth-order valence-corrected chi connectivity index (χ4v) is 3.47. The van der Waals surface area contributed by atoms with Crippen LogP contribution in [0.15, 0.2) is 30.3 Å². The van der Waals surface area contributed by atoms with Crippen molar-refractivity contribution < 1.29 is 14.3 Å². The molecule has 0 unspecified atom stereocenters. The predicted molar refractivity (Wildman–Crippen MR) is 96.6 cm³/mol. The molecule has 6 heteroatoms. The Morgan fingerprint density at radius 2 is 1.76 bits per heavy atom. The highest BCUT2D eigenvalue weighted by Crippen LogP contribution is 2.18. The van der Waals surface area contributed by atoms with Gasteiger partial charge in [0.05, 0.1) is 19.8 Å². The highest BCUT2D eigenvalue weighted by atomic mass is 16.5. The van der Waals surface area contributed by atoms with Crippen LogP contribution < -0.4 is 4.74 Å². The first-order valence-corrected chi connectivity index (χ1v) is 9.27. The van der Waals surface area contributed by atoms with E-state index in [0.29, 0.717) is 13.2 Å². The van der Waals surface area contributed by atoms with Gasteiger partial charge in [-0.1, -0.05) is 18.2 Å². The minimum Gasteiger partial charge on any atom is -0.489 e. The third-order valence-corrected chi connectivity index (χ3v) is 4.80. The lowest BCUT2D eigenvalue weighted by molar-refractivity contribution is -0.144. The average Bonchev–Trinajstić information content (AvgIpc) is 3.05. The van der Waals surface area contributed by atoms with Crippen LogP contribution in [0.5, 0.6) is 5.75 Å². The zero-order valence-electron chi connectivity index (χ0n) is 15.1. The lowest BCUT2D eigenvalue weighted by atomic mass is 10.3. The highest BCUT2D eigenvalue weighted by molar-refractivity contribution is 5.71. The van der Waals surface area contributed by atoms with E-state index in [2.05, 4.69) is 14.7 Å². The maximum Gasteiger partial charge on any atom is 0.320 e. The number of para-hydroxylation sites is 1. The average molecular weight is 347 g/mol. The van der Waals surface area contributed by atoms with Crippen molar-refractivity contribution in [3.05, 3.63) is 30.3 Å². The zero-order chi connectivity index (χ0) is 17.5. The van der Waals surface area contributed by atoms with Gasteiger partial charge < -0.3 is 9.47 Å². The summed E-state index contributed by atoms with van der Waals surface area (Å²) < 4.78 is 11.1. The second-order valence-electron chi connectivity index (χ2n) is 6.76. The van der Waals surface area contributed by atoms with Gasteiger partial charge in [-0.15, -0.1) is 0 Å². The minimum absolute atomic E-state index is 0.114.